The molecule has 1 aromatic rings. The maximum atomic E-state index is 11.4. The van der Waals surface area contributed by atoms with Crippen molar-refractivity contribution in [1.82, 2.24) is 0 Å². The fourth-order valence-electron chi connectivity index (χ4n) is 1.42. The summed E-state index contributed by atoms with van der Waals surface area (Å²) in [5.74, 6) is 0.356. The molecule has 1 aromatic carbocycles. The Hall–Kier alpha value is -2.02. The topological polar surface area (TPSA) is 77.3 Å². The Balaban J connectivity index is 2.49. The van der Waals surface area contributed by atoms with E-state index in [1.54, 1.807) is 18.2 Å². The van der Waals surface area contributed by atoms with Gasteiger partial charge < -0.3 is 9.16 Å². The Labute approximate surface area is 119 Å². The Morgan fingerprint density at radius 1 is 1.15 bits per heavy atom. The van der Waals surface area contributed by atoms with Crippen LogP contribution in [-0.2, 0) is 4.43 Å². The van der Waals surface area contributed by atoms with E-state index in [0.717, 1.165) is 17.7 Å². The summed E-state index contributed by atoms with van der Waals surface area (Å²) in [6.07, 6.45) is -1.79. The van der Waals surface area contributed by atoms with Gasteiger partial charge in [0.1, 0.15) is 5.75 Å². The molecule has 2 amide bonds. The van der Waals surface area contributed by atoms with E-state index in [9.17, 15) is 9.59 Å². The van der Waals surface area contributed by atoms with E-state index in [0.29, 0.717) is 5.75 Å². The van der Waals surface area contributed by atoms with Crippen molar-refractivity contribution in [1.29, 1.82) is 0 Å². The van der Waals surface area contributed by atoms with Gasteiger partial charge in [-0.25, -0.2) is 9.59 Å². The molecule has 107 valence electrons. The summed E-state index contributed by atoms with van der Waals surface area (Å²) in [6.45, 7) is 5.75. The largest absolute Gasteiger partial charge is 0.499 e. The number of carbonyl (C=O) groups excluding carboxylic acids is 2. The van der Waals surface area contributed by atoms with Crippen LogP contribution >= 0.6 is 0 Å². The normalized spacial score (nSPS) is 10.8. The smallest absolute Gasteiger partial charge is 0.458 e. The van der Waals surface area contributed by atoms with Crippen LogP contribution in [0.5, 0.6) is 5.75 Å². The standard InChI is InChI=1S/C13H17N2O4Si/c1-4-20(5-2)19-13(17)15-14-12(16)18-11-8-6-7-10(3)9-11/h6-9H,4-5H2,1-3H3. The summed E-state index contributed by atoms with van der Waals surface area (Å²) < 4.78 is 9.97. The molecule has 0 aromatic heterocycles. The molecule has 0 bridgehead atoms. The van der Waals surface area contributed by atoms with Crippen LogP contribution in [-0.4, -0.2) is 21.2 Å². The molecule has 0 saturated carbocycles. The summed E-state index contributed by atoms with van der Waals surface area (Å²) in [5, 5.41) is 6.37. The number of rotatable bonds is 4. The van der Waals surface area contributed by atoms with Gasteiger partial charge in [-0.05, 0) is 36.7 Å². The predicted molar refractivity (Wildman–Crippen MR) is 75.3 cm³/mol. The first kappa shape index (κ1) is 16.0. The van der Waals surface area contributed by atoms with Gasteiger partial charge in [-0.2, -0.15) is 0 Å². The van der Waals surface area contributed by atoms with Crippen molar-refractivity contribution in [2.24, 2.45) is 10.2 Å². The van der Waals surface area contributed by atoms with Crippen LogP contribution in [0, 0.1) is 6.92 Å². The number of amides is 2. The molecule has 0 heterocycles. The lowest BCUT2D eigenvalue weighted by Crippen LogP contribution is -2.18. The highest BCUT2D eigenvalue weighted by molar-refractivity contribution is 6.53. The summed E-state index contributed by atoms with van der Waals surface area (Å²) in [5.41, 5.74) is 0.949. The van der Waals surface area contributed by atoms with Gasteiger partial charge in [0.15, 0.2) is 0 Å². The van der Waals surface area contributed by atoms with Crippen molar-refractivity contribution in [3.63, 3.8) is 0 Å². The van der Waals surface area contributed by atoms with Crippen molar-refractivity contribution < 1.29 is 18.8 Å². The number of hydrogen-bond acceptors (Lipinski definition) is 4. The lowest BCUT2D eigenvalue weighted by molar-refractivity contribution is 0.200. The van der Waals surface area contributed by atoms with Crippen LogP contribution in [0.3, 0.4) is 0 Å². The van der Waals surface area contributed by atoms with Crippen molar-refractivity contribution in [2.45, 2.75) is 32.9 Å². The molecule has 20 heavy (non-hydrogen) atoms. The van der Waals surface area contributed by atoms with Gasteiger partial charge >= 0.3 is 12.2 Å². The van der Waals surface area contributed by atoms with E-state index in [2.05, 4.69) is 10.2 Å². The number of carbonyl (C=O) groups is 2. The lowest BCUT2D eigenvalue weighted by Gasteiger charge is -2.07. The van der Waals surface area contributed by atoms with Crippen LogP contribution in [0.4, 0.5) is 9.59 Å². The zero-order chi connectivity index (χ0) is 15.0. The average Bonchev–Trinajstić information content (AvgIpc) is 2.42. The molecule has 0 aliphatic rings. The molecule has 0 atom stereocenters. The van der Waals surface area contributed by atoms with E-state index in [1.807, 2.05) is 26.8 Å². The SMILES string of the molecule is CC[Si](CC)OC(=O)N=NC(=O)Oc1cccc(C)c1. The van der Waals surface area contributed by atoms with Crippen LogP contribution in [0.25, 0.3) is 0 Å². The van der Waals surface area contributed by atoms with Crippen LogP contribution in [0.2, 0.25) is 12.1 Å². The molecule has 1 rings (SSSR count). The van der Waals surface area contributed by atoms with Crippen molar-refractivity contribution in [3.8, 4) is 5.75 Å². The zero-order valence-electron chi connectivity index (χ0n) is 11.8. The first-order valence-electron chi connectivity index (χ1n) is 6.31. The fraction of sp³-hybridized carbons (Fsp3) is 0.385. The molecule has 0 N–H and O–H groups in total. The van der Waals surface area contributed by atoms with E-state index < -0.39 is 21.2 Å². The molecule has 0 saturated heterocycles. The van der Waals surface area contributed by atoms with E-state index in [-0.39, 0.29) is 0 Å². The first-order valence-corrected chi connectivity index (χ1v) is 8.14. The van der Waals surface area contributed by atoms with Crippen LogP contribution in [0.15, 0.2) is 34.5 Å². The van der Waals surface area contributed by atoms with E-state index in [4.69, 9.17) is 9.16 Å². The highest BCUT2D eigenvalue weighted by Crippen LogP contribution is 2.13. The number of aryl methyl sites for hydroxylation is 1. The molecular weight excluding hydrogens is 276 g/mol. The summed E-state index contributed by atoms with van der Waals surface area (Å²) in [6, 6.07) is 8.50. The van der Waals surface area contributed by atoms with Gasteiger partial charge in [0.25, 0.3) is 9.04 Å². The summed E-state index contributed by atoms with van der Waals surface area (Å²) in [7, 11) is -1.19. The summed E-state index contributed by atoms with van der Waals surface area (Å²) in [4.78, 5) is 22.7. The molecule has 0 aliphatic heterocycles. The summed E-state index contributed by atoms with van der Waals surface area (Å²) >= 11 is 0. The third-order valence-corrected chi connectivity index (χ3v) is 4.47. The van der Waals surface area contributed by atoms with Crippen molar-refractivity contribution in [3.05, 3.63) is 29.8 Å². The van der Waals surface area contributed by atoms with Gasteiger partial charge in [0.2, 0.25) is 0 Å². The monoisotopic (exact) mass is 293 g/mol. The molecule has 7 heteroatoms. The zero-order valence-corrected chi connectivity index (χ0v) is 12.8. The number of nitrogens with zero attached hydrogens (tertiary/aromatic N) is 2. The third-order valence-electron chi connectivity index (χ3n) is 2.43. The quantitative estimate of drug-likeness (QED) is 0.618. The molecule has 0 spiro atoms. The highest BCUT2D eigenvalue weighted by atomic mass is 28.3. The molecule has 0 fully saturated rings. The van der Waals surface area contributed by atoms with Gasteiger partial charge in [0.05, 0.1) is 0 Å². The van der Waals surface area contributed by atoms with Crippen LogP contribution < -0.4 is 4.74 Å². The minimum absolute atomic E-state index is 0.356. The Morgan fingerprint density at radius 3 is 2.40 bits per heavy atom. The molecule has 1 radical (unpaired) electrons. The number of hydrogen-bond donors (Lipinski definition) is 0. The van der Waals surface area contributed by atoms with Gasteiger partial charge in [-0.1, -0.05) is 36.2 Å². The van der Waals surface area contributed by atoms with E-state index >= 15 is 0 Å². The number of benzene rings is 1. The van der Waals surface area contributed by atoms with Gasteiger partial charge in [-0.3, -0.25) is 0 Å². The van der Waals surface area contributed by atoms with Crippen molar-refractivity contribution >= 4 is 21.2 Å². The molecule has 0 unspecified atom stereocenters. The van der Waals surface area contributed by atoms with Crippen LogP contribution in [0.1, 0.15) is 19.4 Å². The minimum atomic E-state index is -1.19. The number of azo groups is 1. The maximum absolute atomic E-state index is 11.4. The third kappa shape index (κ3) is 5.74. The second-order valence-electron chi connectivity index (χ2n) is 4.00. The first-order chi connectivity index (χ1) is 9.55. The Morgan fingerprint density at radius 2 is 1.80 bits per heavy atom. The molecule has 6 nitrogen and oxygen atoms in total. The Bertz CT molecular complexity index is 501. The van der Waals surface area contributed by atoms with Gasteiger partial charge in [-0.15, -0.1) is 0 Å². The van der Waals surface area contributed by atoms with Gasteiger partial charge in [0, 0.05) is 0 Å². The molecular formula is C13H17N2O4Si. The number of ether oxygens (including phenoxy) is 1. The second kappa shape index (κ2) is 8.21. The predicted octanol–water partition coefficient (Wildman–Crippen LogP) is 4.11. The second-order valence-corrected chi connectivity index (χ2v) is 6.69. The molecule has 0 aliphatic carbocycles. The lowest BCUT2D eigenvalue weighted by atomic mass is 10.2. The minimum Gasteiger partial charge on any atom is -0.499 e. The fourth-order valence-corrected chi connectivity index (χ4v) is 2.50. The average molecular weight is 293 g/mol. The van der Waals surface area contributed by atoms with Crippen molar-refractivity contribution in [2.75, 3.05) is 0 Å². The Kier molecular flexibility index (Phi) is 6.58. The highest BCUT2D eigenvalue weighted by Gasteiger charge is 2.14. The maximum Gasteiger partial charge on any atom is 0.458 e. The van der Waals surface area contributed by atoms with E-state index in [1.165, 1.54) is 0 Å².